The Labute approximate surface area is 112 Å². The van der Waals surface area contributed by atoms with Crippen molar-refractivity contribution in [2.45, 2.75) is 19.5 Å². The lowest BCUT2D eigenvalue weighted by Crippen LogP contribution is -2.29. The molecule has 0 aliphatic carbocycles. The van der Waals surface area contributed by atoms with Gasteiger partial charge in [-0.25, -0.2) is 9.78 Å². The second-order valence-electron chi connectivity index (χ2n) is 4.22. The highest BCUT2D eigenvalue weighted by atomic mass is 16.5. The molecular weight excluding hydrogens is 242 g/mol. The first-order valence-electron chi connectivity index (χ1n) is 6.07. The number of carbonyl (C=O) groups is 1. The van der Waals surface area contributed by atoms with Gasteiger partial charge >= 0.3 is 5.97 Å². The predicted octanol–water partition coefficient (Wildman–Crippen LogP) is 1.72. The Morgan fingerprint density at radius 1 is 1.42 bits per heavy atom. The van der Waals surface area contributed by atoms with E-state index in [2.05, 4.69) is 15.3 Å². The van der Waals surface area contributed by atoms with Crippen LogP contribution in [0.3, 0.4) is 0 Å². The SMILES string of the molecule is COC(=O)C(NCc1nc[nH]c1C)c1ccccc1. The lowest BCUT2D eigenvalue weighted by molar-refractivity contribution is -0.143. The first kappa shape index (κ1) is 13.3. The summed E-state index contributed by atoms with van der Waals surface area (Å²) in [5.74, 6) is -0.306. The molecule has 0 saturated carbocycles. The molecule has 2 aromatic rings. The molecule has 5 heteroatoms. The van der Waals surface area contributed by atoms with E-state index in [0.29, 0.717) is 6.54 Å². The predicted molar refractivity (Wildman–Crippen MR) is 71.4 cm³/mol. The Hall–Kier alpha value is -2.14. The number of hydrogen-bond acceptors (Lipinski definition) is 4. The van der Waals surface area contributed by atoms with Crippen LogP contribution in [0.25, 0.3) is 0 Å². The maximum absolute atomic E-state index is 11.8. The monoisotopic (exact) mass is 259 g/mol. The number of imidazole rings is 1. The Balaban J connectivity index is 2.11. The molecule has 1 unspecified atom stereocenters. The van der Waals surface area contributed by atoms with Crippen LogP contribution in [0.4, 0.5) is 0 Å². The van der Waals surface area contributed by atoms with Crippen LogP contribution in [0.1, 0.15) is 23.0 Å². The molecule has 0 saturated heterocycles. The van der Waals surface area contributed by atoms with Crippen LogP contribution in [-0.4, -0.2) is 23.0 Å². The Kier molecular flexibility index (Phi) is 4.30. The molecule has 2 N–H and O–H groups in total. The molecule has 2 rings (SSSR count). The van der Waals surface area contributed by atoms with Crippen molar-refractivity contribution in [3.63, 3.8) is 0 Å². The number of H-pyrrole nitrogens is 1. The molecule has 1 atom stereocenters. The van der Waals surface area contributed by atoms with Gasteiger partial charge in [0, 0.05) is 12.2 Å². The van der Waals surface area contributed by atoms with Crippen LogP contribution in [0, 0.1) is 6.92 Å². The molecule has 0 bridgehead atoms. The molecule has 19 heavy (non-hydrogen) atoms. The summed E-state index contributed by atoms with van der Waals surface area (Å²) in [5.41, 5.74) is 2.76. The normalized spacial score (nSPS) is 12.1. The van der Waals surface area contributed by atoms with Crippen LogP contribution in [0.5, 0.6) is 0 Å². The summed E-state index contributed by atoms with van der Waals surface area (Å²) in [4.78, 5) is 19.0. The highest BCUT2D eigenvalue weighted by molar-refractivity contribution is 5.77. The van der Waals surface area contributed by atoms with Gasteiger partial charge in [0.05, 0.1) is 19.1 Å². The average molecular weight is 259 g/mol. The van der Waals surface area contributed by atoms with Crippen molar-refractivity contribution in [2.24, 2.45) is 0 Å². The summed E-state index contributed by atoms with van der Waals surface area (Å²) >= 11 is 0. The Morgan fingerprint density at radius 2 is 2.16 bits per heavy atom. The van der Waals surface area contributed by atoms with E-state index >= 15 is 0 Å². The summed E-state index contributed by atoms with van der Waals surface area (Å²) in [5, 5.41) is 3.17. The fraction of sp³-hybridized carbons (Fsp3) is 0.286. The topological polar surface area (TPSA) is 67.0 Å². The molecular formula is C14H17N3O2. The van der Waals surface area contributed by atoms with E-state index in [-0.39, 0.29) is 5.97 Å². The molecule has 0 amide bonds. The second-order valence-corrected chi connectivity index (χ2v) is 4.22. The van der Waals surface area contributed by atoms with E-state index < -0.39 is 6.04 Å². The van der Waals surface area contributed by atoms with Crippen molar-refractivity contribution in [2.75, 3.05) is 7.11 Å². The molecule has 1 aromatic carbocycles. The summed E-state index contributed by atoms with van der Waals surface area (Å²) in [6.07, 6.45) is 1.64. The summed E-state index contributed by atoms with van der Waals surface area (Å²) in [6, 6.07) is 9.01. The van der Waals surface area contributed by atoms with Gasteiger partial charge in [-0.05, 0) is 12.5 Å². The number of nitrogens with one attached hydrogen (secondary N) is 2. The summed E-state index contributed by atoms with van der Waals surface area (Å²) in [7, 11) is 1.39. The Morgan fingerprint density at radius 3 is 2.74 bits per heavy atom. The molecule has 0 aliphatic heterocycles. The molecule has 0 radical (unpaired) electrons. The maximum Gasteiger partial charge on any atom is 0.327 e. The van der Waals surface area contributed by atoms with E-state index in [1.165, 1.54) is 7.11 Å². The van der Waals surface area contributed by atoms with Crippen molar-refractivity contribution < 1.29 is 9.53 Å². The van der Waals surface area contributed by atoms with E-state index in [1.54, 1.807) is 6.33 Å². The van der Waals surface area contributed by atoms with Crippen LogP contribution in [0.15, 0.2) is 36.7 Å². The van der Waals surface area contributed by atoms with E-state index in [0.717, 1.165) is 17.0 Å². The lowest BCUT2D eigenvalue weighted by atomic mass is 10.1. The Bertz CT molecular complexity index is 537. The first-order valence-corrected chi connectivity index (χ1v) is 6.07. The van der Waals surface area contributed by atoms with Gasteiger partial charge < -0.3 is 9.72 Å². The van der Waals surface area contributed by atoms with Crippen LogP contribution in [-0.2, 0) is 16.1 Å². The third-order valence-electron chi connectivity index (χ3n) is 2.98. The van der Waals surface area contributed by atoms with Crippen molar-refractivity contribution in [3.05, 3.63) is 53.6 Å². The third-order valence-corrected chi connectivity index (χ3v) is 2.98. The van der Waals surface area contributed by atoms with E-state index in [4.69, 9.17) is 4.74 Å². The van der Waals surface area contributed by atoms with Crippen LogP contribution < -0.4 is 5.32 Å². The largest absolute Gasteiger partial charge is 0.468 e. The smallest absolute Gasteiger partial charge is 0.327 e. The lowest BCUT2D eigenvalue weighted by Gasteiger charge is -2.16. The maximum atomic E-state index is 11.8. The number of methoxy groups -OCH3 is 1. The number of hydrogen-bond donors (Lipinski definition) is 2. The number of aromatic amines is 1. The number of rotatable bonds is 5. The minimum Gasteiger partial charge on any atom is -0.468 e. The number of aromatic nitrogens is 2. The van der Waals surface area contributed by atoms with Crippen molar-refractivity contribution in [3.8, 4) is 0 Å². The van der Waals surface area contributed by atoms with Gasteiger partial charge in [0.2, 0.25) is 0 Å². The number of ether oxygens (including phenoxy) is 1. The quantitative estimate of drug-likeness (QED) is 0.802. The van der Waals surface area contributed by atoms with Gasteiger partial charge in [0.15, 0.2) is 0 Å². The van der Waals surface area contributed by atoms with Gasteiger partial charge in [-0.2, -0.15) is 0 Å². The van der Waals surface area contributed by atoms with Gasteiger partial charge in [0.25, 0.3) is 0 Å². The highest BCUT2D eigenvalue weighted by Crippen LogP contribution is 2.15. The zero-order chi connectivity index (χ0) is 13.7. The fourth-order valence-corrected chi connectivity index (χ4v) is 1.86. The van der Waals surface area contributed by atoms with Gasteiger partial charge in [-0.3, -0.25) is 5.32 Å². The first-order chi connectivity index (χ1) is 9.22. The van der Waals surface area contributed by atoms with Crippen LogP contribution in [0.2, 0.25) is 0 Å². The van der Waals surface area contributed by atoms with Crippen molar-refractivity contribution in [1.29, 1.82) is 0 Å². The third kappa shape index (κ3) is 3.20. The number of carbonyl (C=O) groups excluding carboxylic acids is 1. The molecule has 0 fully saturated rings. The van der Waals surface area contributed by atoms with Crippen LogP contribution >= 0.6 is 0 Å². The number of benzene rings is 1. The number of esters is 1. The van der Waals surface area contributed by atoms with Crippen molar-refractivity contribution in [1.82, 2.24) is 15.3 Å². The summed E-state index contributed by atoms with van der Waals surface area (Å²) in [6.45, 7) is 2.45. The molecule has 1 aromatic heterocycles. The standard InChI is InChI=1S/C14H17N3O2/c1-10-12(17-9-16-10)8-15-13(14(18)19-2)11-6-4-3-5-7-11/h3-7,9,13,15H,8H2,1-2H3,(H,16,17). The van der Waals surface area contributed by atoms with Gasteiger partial charge in [-0.15, -0.1) is 0 Å². The summed E-state index contributed by atoms with van der Waals surface area (Å²) < 4.78 is 4.84. The minimum absolute atomic E-state index is 0.306. The zero-order valence-corrected chi connectivity index (χ0v) is 11.0. The minimum atomic E-state index is -0.484. The van der Waals surface area contributed by atoms with Crippen molar-refractivity contribution >= 4 is 5.97 Å². The number of aryl methyl sites for hydroxylation is 1. The molecule has 0 spiro atoms. The second kappa shape index (κ2) is 6.15. The average Bonchev–Trinajstić information content (AvgIpc) is 2.85. The van der Waals surface area contributed by atoms with Gasteiger partial charge in [-0.1, -0.05) is 30.3 Å². The van der Waals surface area contributed by atoms with Gasteiger partial charge in [0.1, 0.15) is 6.04 Å². The number of nitrogens with zero attached hydrogens (tertiary/aromatic N) is 1. The fourth-order valence-electron chi connectivity index (χ4n) is 1.86. The highest BCUT2D eigenvalue weighted by Gasteiger charge is 2.20. The van der Waals surface area contributed by atoms with E-state index in [9.17, 15) is 4.79 Å². The van der Waals surface area contributed by atoms with E-state index in [1.807, 2.05) is 37.3 Å². The molecule has 0 aliphatic rings. The molecule has 5 nitrogen and oxygen atoms in total. The molecule has 100 valence electrons. The zero-order valence-electron chi connectivity index (χ0n) is 11.0. The molecule has 1 heterocycles.